The molecule has 1 saturated carbocycles. The SMILES string of the molecule is COc1ccc(C(=O)N(Cc2cc(NC(=O)c3cc(F)cc(F)c3)ccc2Cl)C2CCCCC2N)cc1. The molecule has 2 unspecified atom stereocenters. The number of rotatable bonds is 7. The molecule has 0 aromatic heterocycles. The summed E-state index contributed by atoms with van der Waals surface area (Å²) in [7, 11) is 1.56. The molecule has 1 fully saturated rings. The lowest BCUT2D eigenvalue weighted by Gasteiger charge is -2.38. The normalized spacial score (nSPS) is 17.2. The molecule has 2 atom stereocenters. The summed E-state index contributed by atoms with van der Waals surface area (Å²) in [6, 6.07) is 13.9. The topological polar surface area (TPSA) is 84.7 Å². The third-order valence-electron chi connectivity index (χ3n) is 6.55. The van der Waals surface area contributed by atoms with Crippen LogP contribution in [0.3, 0.4) is 0 Å². The van der Waals surface area contributed by atoms with Gasteiger partial charge >= 0.3 is 0 Å². The van der Waals surface area contributed by atoms with Crippen molar-refractivity contribution in [2.75, 3.05) is 12.4 Å². The van der Waals surface area contributed by atoms with Gasteiger partial charge in [0.2, 0.25) is 0 Å². The molecule has 1 aliphatic carbocycles. The highest BCUT2D eigenvalue weighted by Crippen LogP contribution is 2.29. The lowest BCUT2D eigenvalue weighted by Crippen LogP contribution is -2.51. The van der Waals surface area contributed by atoms with Crippen LogP contribution in [0, 0.1) is 11.6 Å². The molecule has 0 heterocycles. The van der Waals surface area contributed by atoms with Gasteiger partial charge in [-0.25, -0.2) is 8.78 Å². The second-order valence-electron chi connectivity index (χ2n) is 9.10. The maximum absolute atomic E-state index is 13.7. The van der Waals surface area contributed by atoms with Crippen LogP contribution < -0.4 is 15.8 Å². The van der Waals surface area contributed by atoms with Crippen LogP contribution in [0.4, 0.5) is 14.5 Å². The van der Waals surface area contributed by atoms with Gasteiger partial charge in [-0.1, -0.05) is 24.4 Å². The first-order chi connectivity index (χ1) is 17.7. The number of ether oxygens (including phenoxy) is 1. The van der Waals surface area contributed by atoms with E-state index in [0.717, 1.165) is 37.8 Å². The Balaban J connectivity index is 1.61. The lowest BCUT2D eigenvalue weighted by molar-refractivity contribution is 0.0583. The molecule has 0 radical (unpaired) electrons. The lowest BCUT2D eigenvalue weighted by atomic mass is 9.89. The van der Waals surface area contributed by atoms with Gasteiger partial charge in [0.25, 0.3) is 11.8 Å². The molecule has 3 aromatic rings. The zero-order valence-electron chi connectivity index (χ0n) is 20.3. The van der Waals surface area contributed by atoms with Crippen LogP contribution in [0.25, 0.3) is 0 Å². The van der Waals surface area contributed by atoms with Gasteiger partial charge in [-0.2, -0.15) is 0 Å². The molecule has 3 aromatic carbocycles. The standard InChI is InChI=1S/C28H28ClF2N3O3/c1-37-23-9-6-17(7-10-23)28(36)34(26-5-3-2-4-25(26)32)16-19-14-22(8-11-24(19)29)33-27(35)18-12-20(30)15-21(31)13-18/h6-15,25-26H,2-5,16,32H2,1H3,(H,33,35). The molecule has 0 aliphatic heterocycles. The molecule has 6 nitrogen and oxygen atoms in total. The Morgan fingerprint density at radius 1 is 1.00 bits per heavy atom. The summed E-state index contributed by atoms with van der Waals surface area (Å²) in [6.45, 7) is 0.167. The molecule has 4 rings (SSSR count). The van der Waals surface area contributed by atoms with E-state index in [9.17, 15) is 18.4 Å². The molecule has 1 aliphatic rings. The highest BCUT2D eigenvalue weighted by molar-refractivity contribution is 6.31. The van der Waals surface area contributed by atoms with Crippen molar-refractivity contribution >= 4 is 29.1 Å². The van der Waals surface area contributed by atoms with Gasteiger partial charge in [-0.3, -0.25) is 9.59 Å². The fourth-order valence-electron chi connectivity index (χ4n) is 4.61. The van der Waals surface area contributed by atoms with Crippen LogP contribution in [0.5, 0.6) is 5.75 Å². The number of nitrogens with one attached hydrogen (secondary N) is 1. The number of nitrogens with two attached hydrogens (primary N) is 1. The van der Waals surface area contributed by atoms with E-state index in [1.54, 1.807) is 54.5 Å². The molecule has 0 spiro atoms. The van der Waals surface area contributed by atoms with Crippen molar-refractivity contribution in [1.82, 2.24) is 4.90 Å². The highest BCUT2D eigenvalue weighted by atomic mass is 35.5. The third kappa shape index (κ3) is 6.45. The van der Waals surface area contributed by atoms with Crippen molar-refractivity contribution in [3.05, 3.63) is 94.0 Å². The minimum absolute atomic E-state index is 0.154. The Kier molecular flexibility index (Phi) is 8.41. The van der Waals surface area contributed by atoms with E-state index >= 15 is 0 Å². The zero-order chi connectivity index (χ0) is 26.5. The Labute approximate surface area is 219 Å². The number of halogens is 3. The maximum atomic E-state index is 13.7. The Morgan fingerprint density at radius 3 is 2.32 bits per heavy atom. The van der Waals surface area contributed by atoms with Crippen molar-refractivity contribution < 1.29 is 23.1 Å². The summed E-state index contributed by atoms with van der Waals surface area (Å²) in [6.07, 6.45) is 3.54. The first kappa shape index (κ1) is 26.6. The van der Waals surface area contributed by atoms with E-state index in [1.165, 1.54) is 0 Å². The summed E-state index contributed by atoms with van der Waals surface area (Å²) in [4.78, 5) is 28.0. The number of anilines is 1. The van der Waals surface area contributed by atoms with Crippen LogP contribution >= 0.6 is 11.6 Å². The monoisotopic (exact) mass is 527 g/mol. The smallest absolute Gasteiger partial charge is 0.255 e. The second kappa shape index (κ2) is 11.7. The molecule has 37 heavy (non-hydrogen) atoms. The zero-order valence-corrected chi connectivity index (χ0v) is 21.1. The fraction of sp³-hybridized carbons (Fsp3) is 0.286. The second-order valence-corrected chi connectivity index (χ2v) is 9.50. The average Bonchev–Trinajstić information content (AvgIpc) is 2.88. The van der Waals surface area contributed by atoms with Crippen LogP contribution in [0.15, 0.2) is 60.7 Å². The number of hydrogen-bond acceptors (Lipinski definition) is 4. The fourth-order valence-corrected chi connectivity index (χ4v) is 4.79. The molecule has 0 saturated heterocycles. The number of methoxy groups -OCH3 is 1. The van der Waals surface area contributed by atoms with Gasteiger partial charge in [0, 0.05) is 46.5 Å². The van der Waals surface area contributed by atoms with E-state index < -0.39 is 17.5 Å². The molecule has 3 N–H and O–H groups in total. The molecular weight excluding hydrogens is 500 g/mol. The highest BCUT2D eigenvalue weighted by Gasteiger charge is 2.32. The van der Waals surface area contributed by atoms with Crippen LogP contribution in [-0.4, -0.2) is 35.9 Å². The van der Waals surface area contributed by atoms with Crippen molar-refractivity contribution in [3.8, 4) is 5.75 Å². The van der Waals surface area contributed by atoms with E-state index in [0.29, 0.717) is 33.7 Å². The number of carbonyl (C=O) groups is 2. The van der Waals surface area contributed by atoms with Crippen LogP contribution in [-0.2, 0) is 6.54 Å². The summed E-state index contributed by atoms with van der Waals surface area (Å²) in [5.41, 5.74) is 7.77. The van der Waals surface area contributed by atoms with Crippen molar-refractivity contribution in [2.45, 2.75) is 44.3 Å². The quantitative estimate of drug-likeness (QED) is 0.407. The Morgan fingerprint density at radius 2 is 1.68 bits per heavy atom. The van der Waals surface area contributed by atoms with Gasteiger partial charge in [0.05, 0.1) is 7.11 Å². The minimum atomic E-state index is -0.849. The van der Waals surface area contributed by atoms with Crippen molar-refractivity contribution in [3.63, 3.8) is 0 Å². The molecule has 194 valence electrons. The number of carbonyl (C=O) groups excluding carboxylic acids is 2. The summed E-state index contributed by atoms with van der Waals surface area (Å²) in [5.74, 6) is -1.92. The van der Waals surface area contributed by atoms with Crippen molar-refractivity contribution in [1.29, 1.82) is 0 Å². The predicted octanol–water partition coefficient (Wildman–Crippen LogP) is 5.79. The first-order valence-corrected chi connectivity index (χ1v) is 12.4. The van der Waals surface area contributed by atoms with Crippen LogP contribution in [0.2, 0.25) is 5.02 Å². The van der Waals surface area contributed by atoms with Crippen molar-refractivity contribution in [2.24, 2.45) is 5.73 Å². The Hall–Kier alpha value is -3.49. The van der Waals surface area contributed by atoms with E-state index in [-0.39, 0.29) is 30.1 Å². The summed E-state index contributed by atoms with van der Waals surface area (Å²) in [5, 5.41) is 3.05. The summed E-state index contributed by atoms with van der Waals surface area (Å²) >= 11 is 6.50. The molecule has 0 bridgehead atoms. The van der Waals surface area contributed by atoms with E-state index in [2.05, 4.69) is 5.32 Å². The van der Waals surface area contributed by atoms with Gasteiger partial charge < -0.3 is 20.7 Å². The number of nitrogens with zero attached hydrogens (tertiary/aromatic N) is 1. The number of benzene rings is 3. The third-order valence-corrected chi connectivity index (χ3v) is 6.92. The predicted molar refractivity (Wildman–Crippen MR) is 139 cm³/mol. The maximum Gasteiger partial charge on any atom is 0.255 e. The molecule has 9 heteroatoms. The molecule has 2 amide bonds. The van der Waals surface area contributed by atoms with Gasteiger partial charge in [0.1, 0.15) is 17.4 Å². The first-order valence-electron chi connectivity index (χ1n) is 12.0. The van der Waals surface area contributed by atoms with E-state index in [1.807, 2.05) is 0 Å². The average molecular weight is 528 g/mol. The van der Waals surface area contributed by atoms with Gasteiger partial charge in [-0.15, -0.1) is 0 Å². The van der Waals surface area contributed by atoms with E-state index in [4.69, 9.17) is 22.1 Å². The minimum Gasteiger partial charge on any atom is -0.497 e. The summed E-state index contributed by atoms with van der Waals surface area (Å²) < 4.78 is 32.3. The number of hydrogen-bond donors (Lipinski definition) is 2. The van der Waals surface area contributed by atoms with Crippen LogP contribution in [0.1, 0.15) is 52.0 Å². The van der Waals surface area contributed by atoms with Gasteiger partial charge in [0.15, 0.2) is 0 Å². The largest absolute Gasteiger partial charge is 0.497 e. The molecular formula is C28H28ClF2N3O3. The Bertz CT molecular complexity index is 1270. The number of amides is 2. The van der Waals surface area contributed by atoms with Gasteiger partial charge in [-0.05, 0) is 73.0 Å².